The standard InChI is InChI=1S/C26H34N2O4/c1-17(7-8-20(4)27)15-18(2)25(29)31-21(5)9-10-22(6)32-26(30)19(3)16-23-11-13-24(28)14-12-23/h7-8,11-16,21-22H,1,4,9-10,27-28H2,2-3,5-6H3/b8-7-,18-15+,19-16+. The number of rotatable bonds is 11. The van der Waals surface area contributed by atoms with Gasteiger partial charge in [0.25, 0.3) is 0 Å². The first-order valence-corrected chi connectivity index (χ1v) is 10.4. The van der Waals surface area contributed by atoms with Crippen molar-refractivity contribution in [2.75, 3.05) is 5.73 Å². The number of hydrogen-bond donors (Lipinski definition) is 2. The van der Waals surface area contributed by atoms with Crippen molar-refractivity contribution in [2.24, 2.45) is 5.73 Å². The molecule has 2 atom stereocenters. The second-order valence-corrected chi connectivity index (χ2v) is 7.81. The van der Waals surface area contributed by atoms with Crippen LogP contribution in [-0.4, -0.2) is 24.1 Å². The van der Waals surface area contributed by atoms with Crippen LogP contribution in [0.5, 0.6) is 0 Å². The number of carbonyl (C=O) groups is 2. The monoisotopic (exact) mass is 438 g/mol. The molecule has 172 valence electrons. The largest absolute Gasteiger partial charge is 0.459 e. The summed E-state index contributed by atoms with van der Waals surface area (Å²) >= 11 is 0. The van der Waals surface area contributed by atoms with Gasteiger partial charge in [-0.05, 0) is 82.0 Å². The topological polar surface area (TPSA) is 105 Å². The Hall–Kier alpha value is -3.54. The highest BCUT2D eigenvalue weighted by molar-refractivity contribution is 5.93. The van der Waals surface area contributed by atoms with E-state index in [0.29, 0.717) is 40.9 Å². The molecule has 0 aromatic heterocycles. The highest BCUT2D eigenvalue weighted by atomic mass is 16.5. The predicted octanol–water partition coefficient (Wildman–Crippen LogP) is 4.85. The molecule has 0 aliphatic heterocycles. The van der Waals surface area contributed by atoms with Crippen molar-refractivity contribution in [1.29, 1.82) is 0 Å². The molecule has 1 aromatic carbocycles. The molecule has 0 saturated carbocycles. The number of nitrogen functional groups attached to an aromatic ring is 1. The lowest BCUT2D eigenvalue weighted by Crippen LogP contribution is -2.20. The van der Waals surface area contributed by atoms with E-state index in [1.54, 1.807) is 57.2 Å². The average molecular weight is 439 g/mol. The third-order valence-corrected chi connectivity index (χ3v) is 4.47. The van der Waals surface area contributed by atoms with Crippen molar-refractivity contribution in [2.45, 2.75) is 52.7 Å². The maximum atomic E-state index is 12.3. The van der Waals surface area contributed by atoms with Crippen molar-refractivity contribution in [1.82, 2.24) is 0 Å². The second-order valence-electron chi connectivity index (χ2n) is 7.81. The summed E-state index contributed by atoms with van der Waals surface area (Å²) in [6, 6.07) is 7.22. The average Bonchev–Trinajstić information content (AvgIpc) is 2.72. The minimum absolute atomic E-state index is 0.315. The number of ether oxygens (including phenoxy) is 2. The lowest BCUT2D eigenvalue weighted by atomic mass is 10.1. The summed E-state index contributed by atoms with van der Waals surface area (Å²) in [6.45, 7) is 14.4. The van der Waals surface area contributed by atoms with E-state index in [2.05, 4.69) is 13.2 Å². The van der Waals surface area contributed by atoms with E-state index in [-0.39, 0.29) is 18.2 Å². The molecule has 32 heavy (non-hydrogen) atoms. The van der Waals surface area contributed by atoms with Gasteiger partial charge in [0.1, 0.15) is 0 Å². The minimum Gasteiger partial charge on any atom is -0.459 e. The third kappa shape index (κ3) is 10.5. The molecule has 0 saturated heterocycles. The zero-order valence-electron chi connectivity index (χ0n) is 19.4. The predicted molar refractivity (Wildman–Crippen MR) is 130 cm³/mol. The van der Waals surface area contributed by atoms with E-state index in [1.807, 2.05) is 19.1 Å². The number of esters is 2. The van der Waals surface area contributed by atoms with Crippen molar-refractivity contribution in [3.63, 3.8) is 0 Å². The van der Waals surface area contributed by atoms with Gasteiger partial charge in [0.05, 0.1) is 12.2 Å². The molecule has 0 fully saturated rings. The number of benzene rings is 1. The smallest absolute Gasteiger partial charge is 0.333 e. The Bertz CT molecular complexity index is 924. The van der Waals surface area contributed by atoms with Gasteiger partial charge in [-0.15, -0.1) is 0 Å². The van der Waals surface area contributed by atoms with E-state index in [4.69, 9.17) is 20.9 Å². The van der Waals surface area contributed by atoms with E-state index < -0.39 is 5.97 Å². The fourth-order valence-corrected chi connectivity index (χ4v) is 2.64. The van der Waals surface area contributed by atoms with Gasteiger partial charge in [-0.25, -0.2) is 9.59 Å². The molecule has 0 spiro atoms. The van der Waals surface area contributed by atoms with Gasteiger partial charge in [0.15, 0.2) is 0 Å². The van der Waals surface area contributed by atoms with E-state index in [9.17, 15) is 9.59 Å². The van der Waals surface area contributed by atoms with Crippen LogP contribution in [0.3, 0.4) is 0 Å². The summed E-state index contributed by atoms with van der Waals surface area (Å²) in [5.41, 5.74) is 14.6. The molecule has 0 bridgehead atoms. The fraction of sp³-hybridized carbons (Fsp3) is 0.308. The molecule has 0 aliphatic carbocycles. The van der Waals surface area contributed by atoms with Crippen LogP contribution in [0, 0.1) is 0 Å². The zero-order valence-corrected chi connectivity index (χ0v) is 19.4. The Balaban J connectivity index is 2.49. The van der Waals surface area contributed by atoms with Crippen LogP contribution < -0.4 is 11.5 Å². The Morgan fingerprint density at radius 3 is 1.94 bits per heavy atom. The molecule has 0 radical (unpaired) electrons. The number of nitrogens with two attached hydrogens (primary N) is 2. The highest BCUT2D eigenvalue weighted by Gasteiger charge is 2.16. The normalized spacial score (nSPS) is 14.0. The van der Waals surface area contributed by atoms with E-state index in [0.717, 1.165) is 5.56 Å². The van der Waals surface area contributed by atoms with Crippen LogP contribution in [0.1, 0.15) is 46.1 Å². The second kappa shape index (κ2) is 13.0. The molecule has 0 heterocycles. The first kappa shape index (κ1) is 26.5. The zero-order chi connectivity index (χ0) is 24.3. The summed E-state index contributed by atoms with van der Waals surface area (Å²) in [6.07, 6.45) is 7.12. The van der Waals surface area contributed by atoms with Crippen LogP contribution >= 0.6 is 0 Å². The maximum Gasteiger partial charge on any atom is 0.333 e. The molecule has 0 amide bonds. The van der Waals surface area contributed by atoms with Gasteiger partial charge in [-0.1, -0.05) is 31.4 Å². The Kier molecular flexibility index (Phi) is 10.8. The Labute approximate surface area is 191 Å². The molecule has 1 aromatic rings. The Morgan fingerprint density at radius 1 is 0.938 bits per heavy atom. The van der Waals surface area contributed by atoms with E-state index >= 15 is 0 Å². The van der Waals surface area contributed by atoms with Crippen LogP contribution in [0.4, 0.5) is 5.69 Å². The summed E-state index contributed by atoms with van der Waals surface area (Å²) < 4.78 is 10.9. The molecule has 6 nitrogen and oxygen atoms in total. The minimum atomic E-state index is -0.425. The highest BCUT2D eigenvalue weighted by Crippen LogP contribution is 2.14. The van der Waals surface area contributed by atoms with Crippen LogP contribution in [0.2, 0.25) is 0 Å². The molecular formula is C26H34N2O4. The van der Waals surface area contributed by atoms with Gasteiger partial charge in [-0.2, -0.15) is 0 Å². The maximum absolute atomic E-state index is 12.3. The molecule has 0 aliphatic rings. The van der Waals surface area contributed by atoms with Crippen molar-refractivity contribution < 1.29 is 19.1 Å². The number of anilines is 1. The number of carbonyl (C=O) groups excluding carboxylic acids is 2. The lowest BCUT2D eigenvalue weighted by molar-refractivity contribution is -0.147. The molecule has 2 unspecified atom stereocenters. The Morgan fingerprint density at radius 2 is 1.44 bits per heavy atom. The first-order chi connectivity index (χ1) is 15.0. The number of allylic oxidation sites excluding steroid dienone is 4. The van der Waals surface area contributed by atoms with Crippen LogP contribution in [0.25, 0.3) is 6.08 Å². The number of hydrogen-bond acceptors (Lipinski definition) is 6. The van der Waals surface area contributed by atoms with Crippen molar-refractivity contribution in [3.8, 4) is 0 Å². The van der Waals surface area contributed by atoms with Crippen LogP contribution in [0.15, 0.2) is 78.1 Å². The lowest BCUT2D eigenvalue weighted by Gasteiger charge is -2.17. The molecule has 4 N–H and O–H groups in total. The van der Waals surface area contributed by atoms with Crippen molar-refractivity contribution in [3.05, 3.63) is 83.6 Å². The summed E-state index contributed by atoms with van der Waals surface area (Å²) in [7, 11) is 0. The summed E-state index contributed by atoms with van der Waals surface area (Å²) in [5.74, 6) is -0.810. The molecule has 1 rings (SSSR count). The SMILES string of the molecule is C=C(N)/C=C\C(=C)/C=C(\C)C(=O)OC(C)CCC(C)OC(=O)/C(C)=C/c1ccc(N)cc1. The van der Waals surface area contributed by atoms with E-state index in [1.165, 1.54) is 0 Å². The third-order valence-electron chi connectivity index (χ3n) is 4.47. The quantitative estimate of drug-likeness (QED) is 0.222. The first-order valence-electron chi connectivity index (χ1n) is 10.4. The van der Waals surface area contributed by atoms with Crippen LogP contribution in [-0.2, 0) is 19.1 Å². The van der Waals surface area contributed by atoms with Gasteiger partial charge < -0.3 is 20.9 Å². The van der Waals surface area contributed by atoms with Gasteiger partial charge in [-0.3, -0.25) is 0 Å². The van der Waals surface area contributed by atoms with Gasteiger partial charge >= 0.3 is 11.9 Å². The van der Waals surface area contributed by atoms with Gasteiger partial charge in [0.2, 0.25) is 0 Å². The summed E-state index contributed by atoms with van der Waals surface area (Å²) in [5, 5.41) is 0. The molecular weight excluding hydrogens is 404 g/mol. The van der Waals surface area contributed by atoms with Gasteiger partial charge in [0, 0.05) is 22.5 Å². The molecule has 6 heteroatoms. The van der Waals surface area contributed by atoms with Crippen molar-refractivity contribution >= 4 is 23.7 Å². The summed E-state index contributed by atoms with van der Waals surface area (Å²) in [4.78, 5) is 24.5. The fourth-order valence-electron chi connectivity index (χ4n) is 2.64.